The van der Waals surface area contributed by atoms with E-state index in [1.807, 2.05) is 45.0 Å². The number of nitrogens with one attached hydrogen (secondary N) is 1. The van der Waals surface area contributed by atoms with Gasteiger partial charge in [0.05, 0.1) is 10.6 Å². The van der Waals surface area contributed by atoms with E-state index in [-0.39, 0.29) is 34.9 Å². The predicted octanol–water partition coefficient (Wildman–Crippen LogP) is 3.21. The molecule has 1 N–H and O–H groups in total. The molecule has 0 aliphatic carbocycles. The van der Waals surface area contributed by atoms with Crippen LogP contribution in [0.15, 0.2) is 47.4 Å². The Morgan fingerprint density at radius 1 is 1.13 bits per heavy atom. The SMILES string of the molecule is CCC(=O)N1c2ccc(S(=O)(=O)CCC(=O)NCCc3ccc(C)cc3)cc2CC1C. The first-order valence-electron chi connectivity index (χ1n) is 10.7. The number of carbonyl (C=O) groups excluding carboxylic acids is 2. The molecular weight excluding hydrogens is 412 g/mol. The third-order valence-electron chi connectivity index (χ3n) is 5.65. The number of anilines is 1. The second-order valence-corrected chi connectivity index (χ2v) is 10.2. The number of benzene rings is 2. The van der Waals surface area contributed by atoms with Gasteiger partial charge in [-0.2, -0.15) is 0 Å². The van der Waals surface area contributed by atoms with E-state index < -0.39 is 9.84 Å². The van der Waals surface area contributed by atoms with Gasteiger partial charge in [0.1, 0.15) is 0 Å². The molecule has 1 atom stereocenters. The lowest BCUT2D eigenvalue weighted by molar-refractivity contribution is -0.120. The molecule has 1 heterocycles. The maximum Gasteiger partial charge on any atom is 0.226 e. The Kier molecular flexibility index (Phi) is 7.15. The van der Waals surface area contributed by atoms with Crippen LogP contribution in [0.5, 0.6) is 0 Å². The number of fused-ring (bicyclic) bond motifs is 1. The quantitative estimate of drug-likeness (QED) is 0.680. The molecule has 2 amide bonds. The van der Waals surface area contributed by atoms with Crippen LogP contribution in [0.25, 0.3) is 0 Å². The molecule has 166 valence electrons. The Balaban J connectivity index is 1.56. The summed E-state index contributed by atoms with van der Waals surface area (Å²) in [6.07, 6.45) is 1.66. The Hall–Kier alpha value is -2.67. The van der Waals surface area contributed by atoms with Crippen LogP contribution in [0, 0.1) is 6.92 Å². The van der Waals surface area contributed by atoms with Crippen molar-refractivity contribution in [3.63, 3.8) is 0 Å². The van der Waals surface area contributed by atoms with E-state index in [0.29, 0.717) is 25.8 Å². The average molecular weight is 443 g/mol. The van der Waals surface area contributed by atoms with Crippen molar-refractivity contribution in [1.29, 1.82) is 0 Å². The van der Waals surface area contributed by atoms with Crippen LogP contribution in [-0.4, -0.2) is 38.6 Å². The van der Waals surface area contributed by atoms with Crippen LogP contribution in [0.1, 0.15) is 43.4 Å². The minimum Gasteiger partial charge on any atom is -0.356 e. The molecule has 1 unspecified atom stereocenters. The summed E-state index contributed by atoms with van der Waals surface area (Å²) in [7, 11) is -3.58. The largest absolute Gasteiger partial charge is 0.356 e. The van der Waals surface area contributed by atoms with Crippen molar-refractivity contribution >= 4 is 27.3 Å². The topological polar surface area (TPSA) is 83.6 Å². The summed E-state index contributed by atoms with van der Waals surface area (Å²) in [4.78, 5) is 26.3. The molecule has 3 rings (SSSR count). The van der Waals surface area contributed by atoms with Gasteiger partial charge in [-0.1, -0.05) is 36.8 Å². The summed E-state index contributed by atoms with van der Waals surface area (Å²) < 4.78 is 25.5. The van der Waals surface area contributed by atoms with E-state index in [2.05, 4.69) is 5.32 Å². The van der Waals surface area contributed by atoms with Crippen LogP contribution >= 0.6 is 0 Å². The minimum atomic E-state index is -3.58. The Bertz CT molecular complexity index is 1060. The van der Waals surface area contributed by atoms with E-state index in [1.54, 1.807) is 17.0 Å². The monoisotopic (exact) mass is 442 g/mol. The Morgan fingerprint density at radius 2 is 1.84 bits per heavy atom. The van der Waals surface area contributed by atoms with Gasteiger partial charge in [0.15, 0.2) is 9.84 Å². The van der Waals surface area contributed by atoms with Gasteiger partial charge in [-0.3, -0.25) is 9.59 Å². The standard InChI is InChI=1S/C24H30N2O4S/c1-4-24(28)26-18(3)15-20-16-21(9-10-22(20)26)31(29,30)14-12-23(27)25-13-11-19-7-5-17(2)6-8-19/h5-10,16,18H,4,11-15H2,1-3H3,(H,25,27). The molecule has 0 bridgehead atoms. The smallest absolute Gasteiger partial charge is 0.226 e. The molecule has 1 aliphatic rings. The number of sulfone groups is 1. The van der Waals surface area contributed by atoms with Gasteiger partial charge in [-0.05, 0) is 56.0 Å². The lowest BCUT2D eigenvalue weighted by Crippen LogP contribution is -2.35. The van der Waals surface area contributed by atoms with Crippen LogP contribution in [0.4, 0.5) is 5.69 Å². The number of hydrogen-bond donors (Lipinski definition) is 1. The first kappa shape index (κ1) is 23.0. The van der Waals surface area contributed by atoms with Crippen LogP contribution in [0.2, 0.25) is 0 Å². The van der Waals surface area contributed by atoms with Gasteiger partial charge in [0.2, 0.25) is 11.8 Å². The number of amides is 2. The number of hydrogen-bond acceptors (Lipinski definition) is 4. The zero-order chi connectivity index (χ0) is 22.6. The van der Waals surface area contributed by atoms with E-state index in [1.165, 1.54) is 11.6 Å². The first-order valence-corrected chi connectivity index (χ1v) is 12.4. The zero-order valence-electron chi connectivity index (χ0n) is 18.3. The lowest BCUT2D eigenvalue weighted by Gasteiger charge is -2.22. The zero-order valence-corrected chi connectivity index (χ0v) is 19.2. The lowest BCUT2D eigenvalue weighted by atomic mass is 10.1. The number of rotatable bonds is 8. The molecule has 0 saturated carbocycles. The summed E-state index contributed by atoms with van der Waals surface area (Å²) in [5.41, 5.74) is 3.95. The molecule has 0 fully saturated rings. The van der Waals surface area contributed by atoms with Crippen molar-refractivity contribution in [2.24, 2.45) is 0 Å². The minimum absolute atomic E-state index is 0.0136. The molecule has 6 nitrogen and oxygen atoms in total. The third kappa shape index (κ3) is 5.53. The molecule has 0 aromatic heterocycles. The fraction of sp³-hybridized carbons (Fsp3) is 0.417. The van der Waals surface area contributed by atoms with Crippen molar-refractivity contribution in [1.82, 2.24) is 5.32 Å². The van der Waals surface area contributed by atoms with Gasteiger partial charge in [-0.25, -0.2) is 8.42 Å². The fourth-order valence-electron chi connectivity index (χ4n) is 3.89. The van der Waals surface area contributed by atoms with Crippen LogP contribution in [-0.2, 0) is 32.3 Å². The van der Waals surface area contributed by atoms with Crippen molar-refractivity contribution in [2.45, 2.75) is 57.4 Å². The Morgan fingerprint density at radius 3 is 2.52 bits per heavy atom. The second-order valence-electron chi connectivity index (χ2n) is 8.12. The van der Waals surface area contributed by atoms with E-state index in [4.69, 9.17) is 0 Å². The molecule has 7 heteroatoms. The second kappa shape index (κ2) is 9.64. The highest BCUT2D eigenvalue weighted by Gasteiger charge is 2.31. The van der Waals surface area contributed by atoms with Crippen LogP contribution in [0.3, 0.4) is 0 Å². The molecule has 31 heavy (non-hydrogen) atoms. The highest BCUT2D eigenvalue weighted by Crippen LogP contribution is 2.34. The van der Waals surface area contributed by atoms with E-state index in [9.17, 15) is 18.0 Å². The average Bonchev–Trinajstić information content (AvgIpc) is 3.08. The maximum atomic E-state index is 12.8. The van der Waals surface area contributed by atoms with Gasteiger partial charge >= 0.3 is 0 Å². The maximum absolute atomic E-state index is 12.8. The predicted molar refractivity (Wildman–Crippen MR) is 122 cm³/mol. The summed E-state index contributed by atoms with van der Waals surface area (Å²) in [6.45, 7) is 6.27. The summed E-state index contributed by atoms with van der Waals surface area (Å²) in [5, 5.41) is 2.79. The highest BCUT2D eigenvalue weighted by atomic mass is 32.2. The molecule has 2 aromatic carbocycles. The van der Waals surface area contributed by atoms with Gasteiger partial charge in [0.25, 0.3) is 0 Å². The fourth-order valence-corrected chi connectivity index (χ4v) is 5.17. The van der Waals surface area contributed by atoms with Crippen molar-refractivity contribution in [3.05, 3.63) is 59.2 Å². The third-order valence-corrected chi connectivity index (χ3v) is 7.36. The summed E-state index contributed by atoms with van der Waals surface area (Å²) in [5.74, 6) is -0.482. The van der Waals surface area contributed by atoms with E-state index in [0.717, 1.165) is 16.8 Å². The Labute approximate surface area is 184 Å². The molecule has 1 aliphatic heterocycles. The van der Waals surface area contributed by atoms with Crippen molar-refractivity contribution in [3.8, 4) is 0 Å². The molecule has 2 aromatic rings. The molecule has 0 saturated heterocycles. The van der Waals surface area contributed by atoms with Gasteiger partial charge < -0.3 is 10.2 Å². The normalized spacial score (nSPS) is 15.6. The molecular formula is C24H30N2O4S. The van der Waals surface area contributed by atoms with Gasteiger partial charge in [0, 0.05) is 31.1 Å². The number of aryl methyl sites for hydroxylation is 1. The van der Waals surface area contributed by atoms with Crippen molar-refractivity contribution in [2.75, 3.05) is 17.2 Å². The summed E-state index contributed by atoms with van der Waals surface area (Å²) in [6, 6.07) is 13.0. The first-order chi connectivity index (χ1) is 14.7. The highest BCUT2D eigenvalue weighted by molar-refractivity contribution is 7.91. The molecule has 0 spiro atoms. The summed E-state index contributed by atoms with van der Waals surface area (Å²) >= 11 is 0. The molecule has 0 radical (unpaired) electrons. The van der Waals surface area contributed by atoms with Gasteiger partial charge in [-0.15, -0.1) is 0 Å². The van der Waals surface area contributed by atoms with Crippen LogP contribution < -0.4 is 10.2 Å². The number of nitrogens with zero attached hydrogens (tertiary/aromatic N) is 1. The number of carbonyl (C=O) groups is 2. The van der Waals surface area contributed by atoms with Crippen molar-refractivity contribution < 1.29 is 18.0 Å². The van der Waals surface area contributed by atoms with E-state index >= 15 is 0 Å².